The summed E-state index contributed by atoms with van der Waals surface area (Å²) in [6.07, 6.45) is 12.7. The van der Waals surface area contributed by atoms with Gasteiger partial charge < -0.3 is 0 Å². The van der Waals surface area contributed by atoms with E-state index in [1.807, 2.05) is 6.08 Å². The molecule has 0 aromatic carbocycles. The molecule has 5 aliphatic carbocycles. The summed E-state index contributed by atoms with van der Waals surface area (Å²) < 4.78 is 0. The van der Waals surface area contributed by atoms with Crippen molar-refractivity contribution in [1.82, 2.24) is 0 Å². The van der Waals surface area contributed by atoms with E-state index >= 15 is 0 Å². The highest BCUT2D eigenvalue weighted by Gasteiger charge is 2.54. The molecule has 0 unspecified atom stereocenters. The Kier molecular flexibility index (Phi) is 1.46. The maximum atomic E-state index is 12.0. The van der Waals surface area contributed by atoms with Gasteiger partial charge in [0.25, 0.3) is 0 Å². The van der Waals surface area contributed by atoms with Crippen molar-refractivity contribution in [2.45, 2.75) is 19.3 Å². The van der Waals surface area contributed by atoms with Gasteiger partial charge in [-0.25, -0.2) is 0 Å². The highest BCUT2D eigenvalue weighted by atomic mass is 16.1. The Bertz CT molecular complexity index is 379. The van der Waals surface area contributed by atoms with E-state index in [2.05, 4.69) is 18.2 Å². The molecule has 0 heterocycles. The zero-order valence-corrected chi connectivity index (χ0v) is 8.80. The van der Waals surface area contributed by atoms with Gasteiger partial charge in [0.1, 0.15) is 0 Å². The molecule has 15 heavy (non-hydrogen) atoms. The van der Waals surface area contributed by atoms with E-state index in [1.165, 1.54) is 19.3 Å². The van der Waals surface area contributed by atoms with Crippen LogP contribution in [0.5, 0.6) is 0 Å². The van der Waals surface area contributed by atoms with Crippen molar-refractivity contribution in [3.05, 3.63) is 24.3 Å². The molecule has 2 fully saturated rings. The Morgan fingerprint density at radius 1 is 1.00 bits per heavy atom. The third kappa shape index (κ3) is 0.920. The molecule has 78 valence electrons. The first-order valence-electron chi connectivity index (χ1n) is 6.25. The molecule has 0 aromatic rings. The van der Waals surface area contributed by atoms with Crippen LogP contribution in [-0.4, -0.2) is 5.78 Å². The van der Waals surface area contributed by atoms with Crippen LogP contribution in [0.1, 0.15) is 19.3 Å². The standard InChI is InChI=1S/C14H16O/c15-12-6-4-8-3-5-11(12)14-10-2-1-9(7-10)13(8)14/h3-6,8-11,13-14H,1-2,7H2/t8-,9-,10+,11+,13-,14-/m1/s1. The van der Waals surface area contributed by atoms with Crippen molar-refractivity contribution in [1.29, 1.82) is 0 Å². The topological polar surface area (TPSA) is 17.1 Å². The van der Waals surface area contributed by atoms with E-state index in [0.29, 0.717) is 17.6 Å². The van der Waals surface area contributed by atoms with Gasteiger partial charge in [-0.1, -0.05) is 18.2 Å². The molecule has 0 amide bonds. The average molecular weight is 200 g/mol. The summed E-state index contributed by atoms with van der Waals surface area (Å²) in [5.41, 5.74) is 0. The predicted molar refractivity (Wildman–Crippen MR) is 58.1 cm³/mol. The Hall–Kier alpha value is -0.850. The Labute approximate surface area is 90.2 Å². The lowest BCUT2D eigenvalue weighted by Gasteiger charge is -2.39. The molecule has 5 rings (SSSR count). The van der Waals surface area contributed by atoms with Crippen LogP contribution in [0.2, 0.25) is 0 Å². The van der Waals surface area contributed by atoms with Crippen LogP contribution in [0.25, 0.3) is 0 Å². The summed E-state index contributed by atoms with van der Waals surface area (Å²) >= 11 is 0. The van der Waals surface area contributed by atoms with Crippen molar-refractivity contribution >= 4 is 5.78 Å². The van der Waals surface area contributed by atoms with Gasteiger partial charge in [0.15, 0.2) is 5.78 Å². The van der Waals surface area contributed by atoms with E-state index in [4.69, 9.17) is 0 Å². The van der Waals surface area contributed by atoms with Gasteiger partial charge >= 0.3 is 0 Å². The molecular weight excluding hydrogens is 184 g/mol. The van der Waals surface area contributed by atoms with Crippen molar-refractivity contribution in [2.24, 2.45) is 35.5 Å². The number of hydrogen-bond donors (Lipinski definition) is 0. The first-order valence-corrected chi connectivity index (χ1v) is 6.25. The van der Waals surface area contributed by atoms with Crippen LogP contribution in [0.3, 0.4) is 0 Å². The number of fused-ring (bicyclic) bond motifs is 3. The predicted octanol–water partition coefficient (Wildman–Crippen LogP) is 2.59. The molecular formula is C14H16O. The molecule has 0 spiro atoms. The minimum absolute atomic E-state index is 0.236. The number of allylic oxidation sites excluding steroid dienone is 4. The molecule has 0 aromatic heterocycles. The first kappa shape index (κ1) is 8.32. The van der Waals surface area contributed by atoms with Crippen LogP contribution < -0.4 is 0 Å². The maximum absolute atomic E-state index is 12.0. The number of carbonyl (C=O) groups excluding carboxylic acids is 1. The summed E-state index contributed by atoms with van der Waals surface area (Å²) in [6, 6.07) is 0. The fourth-order valence-electron chi connectivity index (χ4n) is 4.78. The Morgan fingerprint density at radius 2 is 1.80 bits per heavy atom. The van der Waals surface area contributed by atoms with Crippen LogP contribution in [0.4, 0.5) is 0 Å². The molecule has 2 saturated carbocycles. The van der Waals surface area contributed by atoms with E-state index in [1.54, 1.807) is 0 Å². The second-order valence-electron chi connectivity index (χ2n) is 5.74. The summed E-state index contributed by atoms with van der Waals surface area (Å²) in [6.45, 7) is 0. The quantitative estimate of drug-likeness (QED) is 0.549. The van der Waals surface area contributed by atoms with Gasteiger partial charge in [-0.05, 0) is 54.9 Å². The van der Waals surface area contributed by atoms with Crippen LogP contribution in [0.15, 0.2) is 24.3 Å². The molecule has 1 nitrogen and oxygen atoms in total. The zero-order chi connectivity index (χ0) is 9.99. The molecule has 0 aliphatic heterocycles. The molecule has 0 radical (unpaired) electrons. The molecule has 6 atom stereocenters. The van der Waals surface area contributed by atoms with E-state index < -0.39 is 0 Å². The second kappa shape index (κ2) is 2.63. The third-order valence-corrected chi connectivity index (χ3v) is 5.26. The summed E-state index contributed by atoms with van der Waals surface area (Å²) in [7, 11) is 0. The third-order valence-electron chi connectivity index (χ3n) is 5.26. The fraction of sp³-hybridized carbons (Fsp3) is 0.643. The fourth-order valence-corrected chi connectivity index (χ4v) is 4.78. The van der Waals surface area contributed by atoms with E-state index in [-0.39, 0.29) is 5.92 Å². The Morgan fingerprint density at radius 3 is 2.67 bits per heavy atom. The monoisotopic (exact) mass is 200 g/mol. The van der Waals surface area contributed by atoms with E-state index in [9.17, 15) is 4.79 Å². The smallest absolute Gasteiger partial charge is 0.162 e. The van der Waals surface area contributed by atoms with Gasteiger partial charge in [-0.3, -0.25) is 4.79 Å². The van der Waals surface area contributed by atoms with Gasteiger partial charge in [-0.15, -0.1) is 0 Å². The molecule has 0 N–H and O–H groups in total. The largest absolute Gasteiger partial charge is 0.294 e. The highest BCUT2D eigenvalue weighted by Crippen LogP contribution is 2.60. The first-order chi connectivity index (χ1) is 7.34. The maximum Gasteiger partial charge on any atom is 0.162 e. The molecule has 1 heteroatoms. The summed E-state index contributed by atoms with van der Waals surface area (Å²) in [5, 5.41) is 0. The molecule has 5 aliphatic rings. The minimum Gasteiger partial charge on any atom is -0.294 e. The minimum atomic E-state index is 0.236. The van der Waals surface area contributed by atoms with Crippen LogP contribution >= 0.6 is 0 Å². The Balaban J connectivity index is 1.85. The van der Waals surface area contributed by atoms with Crippen LogP contribution in [0, 0.1) is 35.5 Å². The summed E-state index contributed by atoms with van der Waals surface area (Å²) in [4.78, 5) is 12.0. The van der Waals surface area contributed by atoms with Crippen molar-refractivity contribution in [3.8, 4) is 0 Å². The lowest BCUT2D eigenvalue weighted by atomic mass is 9.65. The lowest BCUT2D eigenvalue weighted by molar-refractivity contribution is -0.119. The van der Waals surface area contributed by atoms with Crippen molar-refractivity contribution in [2.75, 3.05) is 0 Å². The van der Waals surface area contributed by atoms with Gasteiger partial charge in [-0.2, -0.15) is 0 Å². The van der Waals surface area contributed by atoms with E-state index in [0.717, 1.165) is 17.8 Å². The van der Waals surface area contributed by atoms with Gasteiger partial charge in [0.05, 0.1) is 0 Å². The number of ketones is 1. The number of rotatable bonds is 0. The molecule has 4 bridgehead atoms. The van der Waals surface area contributed by atoms with Gasteiger partial charge in [0, 0.05) is 5.92 Å². The summed E-state index contributed by atoms with van der Waals surface area (Å²) in [5.74, 6) is 4.47. The molecule has 0 saturated heterocycles. The normalized spacial score (nSPS) is 54.8. The lowest BCUT2D eigenvalue weighted by Crippen LogP contribution is -2.36. The second-order valence-corrected chi connectivity index (χ2v) is 5.74. The van der Waals surface area contributed by atoms with Crippen molar-refractivity contribution < 1.29 is 4.79 Å². The highest BCUT2D eigenvalue weighted by molar-refractivity contribution is 5.94. The number of carbonyl (C=O) groups is 1. The van der Waals surface area contributed by atoms with Crippen molar-refractivity contribution in [3.63, 3.8) is 0 Å². The average Bonchev–Trinajstić information content (AvgIpc) is 2.79. The zero-order valence-electron chi connectivity index (χ0n) is 8.80. The van der Waals surface area contributed by atoms with Crippen LogP contribution in [-0.2, 0) is 4.79 Å². The number of hydrogen-bond acceptors (Lipinski definition) is 1. The SMILES string of the molecule is O=C1C=C[C@H]2C=C[C@@H]1[C@H]1[C@H]3CC[C@H](C3)[C@@H]21. The van der Waals surface area contributed by atoms with Gasteiger partial charge in [0.2, 0.25) is 0 Å².